The van der Waals surface area contributed by atoms with Crippen LogP contribution < -0.4 is 10.2 Å². The molecule has 1 fully saturated rings. The number of carbonyl (C=O) groups excluding carboxylic acids is 2. The van der Waals surface area contributed by atoms with Gasteiger partial charge in [0.05, 0.1) is 10.6 Å². The van der Waals surface area contributed by atoms with Crippen molar-refractivity contribution in [2.45, 2.75) is 0 Å². The molecule has 1 aliphatic rings. The predicted molar refractivity (Wildman–Crippen MR) is 143 cm³/mol. The SMILES string of the molecule is O=C(Nc1ccc(N2CCN(C(=O)/C=C/c3ccccc3)CC2)cc1)c1cc(I)ccc1Cl. The van der Waals surface area contributed by atoms with Crippen molar-refractivity contribution in [2.24, 2.45) is 0 Å². The molecular weight excluding hydrogens is 549 g/mol. The zero-order chi connectivity index (χ0) is 23.2. The van der Waals surface area contributed by atoms with E-state index >= 15 is 0 Å². The smallest absolute Gasteiger partial charge is 0.257 e. The van der Waals surface area contributed by atoms with Crippen LogP contribution in [0.1, 0.15) is 15.9 Å². The molecule has 0 bridgehead atoms. The molecule has 0 saturated carbocycles. The lowest BCUT2D eigenvalue weighted by Gasteiger charge is -2.35. The van der Waals surface area contributed by atoms with E-state index in [0.29, 0.717) is 29.4 Å². The second-order valence-electron chi connectivity index (χ2n) is 7.68. The summed E-state index contributed by atoms with van der Waals surface area (Å²) >= 11 is 8.32. The number of amides is 2. The first-order valence-corrected chi connectivity index (χ1v) is 12.1. The molecule has 4 rings (SSSR count). The van der Waals surface area contributed by atoms with Crippen LogP contribution in [0.15, 0.2) is 78.9 Å². The zero-order valence-electron chi connectivity index (χ0n) is 17.9. The van der Waals surface area contributed by atoms with Gasteiger partial charge in [0.1, 0.15) is 0 Å². The topological polar surface area (TPSA) is 52.7 Å². The monoisotopic (exact) mass is 571 g/mol. The second kappa shape index (κ2) is 10.9. The molecule has 0 aromatic heterocycles. The average molecular weight is 572 g/mol. The van der Waals surface area contributed by atoms with Crippen molar-refractivity contribution in [1.82, 2.24) is 4.90 Å². The second-order valence-corrected chi connectivity index (χ2v) is 9.33. The Labute approximate surface area is 212 Å². The van der Waals surface area contributed by atoms with Gasteiger partial charge in [-0.15, -0.1) is 0 Å². The fraction of sp³-hybridized carbons (Fsp3) is 0.154. The van der Waals surface area contributed by atoms with Gasteiger partial charge in [0.25, 0.3) is 5.91 Å². The number of hydrogen-bond acceptors (Lipinski definition) is 3. The standard InChI is InChI=1S/C26H23ClIN3O2/c27-24-12-7-20(28)18-23(24)26(33)29-21-8-10-22(11-9-21)30-14-16-31(17-15-30)25(32)13-6-19-4-2-1-3-5-19/h1-13,18H,14-17H2,(H,29,33)/b13-6+. The quantitative estimate of drug-likeness (QED) is 0.322. The Kier molecular flexibility index (Phi) is 7.67. The van der Waals surface area contributed by atoms with E-state index in [-0.39, 0.29) is 11.8 Å². The summed E-state index contributed by atoms with van der Waals surface area (Å²) in [6.45, 7) is 2.85. The highest BCUT2D eigenvalue weighted by Gasteiger charge is 2.20. The van der Waals surface area contributed by atoms with Gasteiger partial charge in [-0.05, 0) is 76.7 Å². The number of benzene rings is 3. The van der Waals surface area contributed by atoms with Crippen LogP contribution in [0.4, 0.5) is 11.4 Å². The molecule has 3 aromatic carbocycles. The molecule has 0 unspecified atom stereocenters. The summed E-state index contributed by atoms with van der Waals surface area (Å²) in [5, 5.41) is 3.33. The molecular formula is C26H23ClIN3O2. The van der Waals surface area contributed by atoms with Gasteiger partial charge in [0.2, 0.25) is 5.91 Å². The molecule has 0 atom stereocenters. The van der Waals surface area contributed by atoms with E-state index in [1.54, 1.807) is 18.2 Å². The van der Waals surface area contributed by atoms with Crippen molar-refractivity contribution < 1.29 is 9.59 Å². The molecule has 7 heteroatoms. The minimum absolute atomic E-state index is 0.0331. The Morgan fingerprint density at radius 2 is 1.61 bits per heavy atom. The lowest BCUT2D eigenvalue weighted by molar-refractivity contribution is -0.126. The van der Waals surface area contributed by atoms with E-state index in [9.17, 15) is 9.59 Å². The predicted octanol–water partition coefficient (Wildman–Crippen LogP) is 5.56. The normalized spacial score (nSPS) is 13.9. The number of rotatable bonds is 5. The molecule has 5 nitrogen and oxygen atoms in total. The fourth-order valence-corrected chi connectivity index (χ4v) is 4.34. The van der Waals surface area contributed by atoms with Crippen molar-refractivity contribution in [3.63, 3.8) is 0 Å². The van der Waals surface area contributed by atoms with E-state index < -0.39 is 0 Å². The zero-order valence-corrected chi connectivity index (χ0v) is 20.8. The minimum Gasteiger partial charge on any atom is -0.368 e. The first kappa shape index (κ1) is 23.3. The molecule has 1 heterocycles. The van der Waals surface area contributed by atoms with E-state index in [0.717, 1.165) is 27.9 Å². The molecule has 168 valence electrons. The third kappa shape index (κ3) is 6.15. The molecule has 3 aromatic rings. The lowest BCUT2D eigenvalue weighted by Crippen LogP contribution is -2.48. The highest BCUT2D eigenvalue weighted by atomic mass is 127. The summed E-state index contributed by atoms with van der Waals surface area (Å²) in [6.07, 6.45) is 3.49. The van der Waals surface area contributed by atoms with E-state index in [4.69, 9.17) is 11.6 Å². The Balaban J connectivity index is 1.31. The van der Waals surface area contributed by atoms with Gasteiger partial charge in [0, 0.05) is 47.2 Å². The Morgan fingerprint density at radius 1 is 0.909 bits per heavy atom. The molecule has 2 amide bonds. The minimum atomic E-state index is -0.234. The highest BCUT2D eigenvalue weighted by Crippen LogP contribution is 2.23. The van der Waals surface area contributed by atoms with Crippen LogP contribution in [0.5, 0.6) is 0 Å². The van der Waals surface area contributed by atoms with Crippen molar-refractivity contribution in [1.29, 1.82) is 0 Å². The first-order valence-electron chi connectivity index (χ1n) is 10.6. The van der Waals surface area contributed by atoms with Crippen LogP contribution in [0.3, 0.4) is 0 Å². The van der Waals surface area contributed by atoms with Gasteiger partial charge in [-0.3, -0.25) is 9.59 Å². The molecule has 0 aliphatic carbocycles. The van der Waals surface area contributed by atoms with Gasteiger partial charge in [-0.1, -0.05) is 41.9 Å². The van der Waals surface area contributed by atoms with Crippen LogP contribution in [-0.2, 0) is 4.79 Å². The Morgan fingerprint density at radius 3 is 2.30 bits per heavy atom. The van der Waals surface area contributed by atoms with Crippen molar-refractivity contribution in [3.8, 4) is 0 Å². The van der Waals surface area contributed by atoms with Crippen LogP contribution in [0, 0.1) is 3.57 Å². The van der Waals surface area contributed by atoms with Gasteiger partial charge < -0.3 is 15.1 Å². The van der Waals surface area contributed by atoms with Crippen LogP contribution in [0.25, 0.3) is 6.08 Å². The van der Waals surface area contributed by atoms with Gasteiger partial charge >= 0.3 is 0 Å². The van der Waals surface area contributed by atoms with E-state index in [1.165, 1.54) is 0 Å². The molecule has 1 N–H and O–H groups in total. The molecule has 1 aliphatic heterocycles. The third-order valence-electron chi connectivity index (χ3n) is 5.47. The summed E-state index contributed by atoms with van der Waals surface area (Å²) in [4.78, 5) is 29.2. The van der Waals surface area contributed by atoms with Crippen LogP contribution in [0.2, 0.25) is 5.02 Å². The largest absolute Gasteiger partial charge is 0.368 e. The van der Waals surface area contributed by atoms with Gasteiger partial charge in [0.15, 0.2) is 0 Å². The average Bonchev–Trinajstić information content (AvgIpc) is 2.85. The maximum absolute atomic E-state index is 12.6. The maximum Gasteiger partial charge on any atom is 0.257 e. The summed E-state index contributed by atoms with van der Waals surface area (Å²) in [5.74, 6) is -0.201. The summed E-state index contributed by atoms with van der Waals surface area (Å²) < 4.78 is 0.950. The lowest BCUT2D eigenvalue weighted by atomic mass is 10.2. The van der Waals surface area contributed by atoms with Crippen LogP contribution >= 0.6 is 34.2 Å². The summed E-state index contributed by atoms with van der Waals surface area (Å²) in [7, 11) is 0. The maximum atomic E-state index is 12.6. The summed E-state index contributed by atoms with van der Waals surface area (Å²) in [5.41, 5.74) is 3.24. The Bertz CT molecular complexity index is 1160. The number of halogens is 2. The number of piperazine rings is 1. The number of anilines is 2. The van der Waals surface area contributed by atoms with Crippen LogP contribution in [-0.4, -0.2) is 42.9 Å². The first-order chi connectivity index (χ1) is 16.0. The van der Waals surface area contributed by atoms with Crippen molar-refractivity contribution in [3.05, 3.63) is 98.6 Å². The van der Waals surface area contributed by atoms with Crippen molar-refractivity contribution in [2.75, 3.05) is 36.4 Å². The molecule has 1 saturated heterocycles. The fourth-order valence-electron chi connectivity index (χ4n) is 3.65. The van der Waals surface area contributed by atoms with E-state index in [1.807, 2.05) is 71.6 Å². The number of hydrogen-bond donors (Lipinski definition) is 1. The van der Waals surface area contributed by atoms with Gasteiger partial charge in [-0.25, -0.2) is 0 Å². The number of carbonyl (C=O) groups is 2. The van der Waals surface area contributed by atoms with Gasteiger partial charge in [-0.2, -0.15) is 0 Å². The number of nitrogens with zero attached hydrogens (tertiary/aromatic N) is 2. The Hall–Kier alpha value is -2.84. The summed E-state index contributed by atoms with van der Waals surface area (Å²) in [6, 6.07) is 22.9. The molecule has 0 radical (unpaired) electrons. The number of nitrogens with one attached hydrogen (secondary N) is 1. The van der Waals surface area contributed by atoms with E-state index in [2.05, 4.69) is 32.8 Å². The molecule has 33 heavy (non-hydrogen) atoms. The molecule has 0 spiro atoms. The third-order valence-corrected chi connectivity index (χ3v) is 6.47. The van der Waals surface area contributed by atoms with Crippen molar-refractivity contribution >= 4 is 63.5 Å². The highest BCUT2D eigenvalue weighted by molar-refractivity contribution is 14.1.